The van der Waals surface area contributed by atoms with Crippen molar-refractivity contribution in [3.8, 4) is 11.5 Å². The van der Waals surface area contributed by atoms with Gasteiger partial charge in [0.1, 0.15) is 5.76 Å². The average molecular weight is 344 g/mol. The van der Waals surface area contributed by atoms with E-state index in [1.807, 2.05) is 24.3 Å². The molecule has 0 fully saturated rings. The summed E-state index contributed by atoms with van der Waals surface area (Å²) < 4.78 is 16.0. The summed E-state index contributed by atoms with van der Waals surface area (Å²) >= 11 is 0. The highest BCUT2D eigenvalue weighted by Crippen LogP contribution is 2.30. The van der Waals surface area contributed by atoms with E-state index in [2.05, 4.69) is 10.6 Å². The molecule has 2 amide bonds. The van der Waals surface area contributed by atoms with Crippen molar-refractivity contribution >= 4 is 6.03 Å². The number of urea groups is 1. The first kappa shape index (κ1) is 17.2. The van der Waals surface area contributed by atoms with Gasteiger partial charge in [-0.1, -0.05) is 6.07 Å². The highest BCUT2D eigenvalue weighted by atomic mass is 16.5. The zero-order valence-corrected chi connectivity index (χ0v) is 14.6. The Morgan fingerprint density at radius 3 is 2.88 bits per heavy atom. The van der Waals surface area contributed by atoms with Gasteiger partial charge in [-0.05, 0) is 43.0 Å². The van der Waals surface area contributed by atoms with Gasteiger partial charge in [0.05, 0.1) is 26.5 Å². The lowest BCUT2D eigenvalue weighted by Crippen LogP contribution is -2.39. The van der Waals surface area contributed by atoms with Crippen LogP contribution in [0.5, 0.6) is 11.5 Å². The molecule has 2 aromatic rings. The maximum atomic E-state index is 12.2. The van der Waals surface area contributed by atoms with Crippen LogP contribution in [-0.4, -0.2) is 26.8 Å². The van der Waals surface area contributed by atoms with Crippen molar-refractivity contribution in [2.24, 2.45) is 0 Å². The molecule has 0 radical (unpaired) electrons. The Morgan fingerprint density at radius 2 is 2.08 bits per heavy atom. The maximum Gasteiger partial charge on any atom is 0.315 e. The molecule has 0 saturated heterocycles. The lowest BCUT2D eigenvalue weighted by Gasteiger charge is -2.22. The first-order chi connectivity index (χ1) is 12.2. The van der Waals surface area contributed by atoms with Gasteiger partial charge in [-0.3, -0.25) is 0 Å². The van der Waals surface area contributed by atoms with E-state index in [-0.39, 0.29) is 12.1 Å². The second-order valence-electron chi connectivity index (χ2n) is 6.08. The molecule has 2 N–H and O–H groups in total. The number of benzene rings is 1. The number of furan rings is 1. The van der Waals surface area contributed by atoms with E-state index in [1.54, 1.807) is 20.5 Å². The van der Waals surface area contributed by atoms with Gasteiger partial charge in [0, 0.05) is 18.5 Å². The fraction of sp³-hybridized carbons (Fsp3) is 0.421. The summed E-state index contributed by atoms with van der Waals surface area (Å²) in [6.07, 6.45) is 5.32. The number of hydrogen-bond acceptors (Lipinski definition) is 4. The van der Waals surface area contributed by atoms with Crippen molar-refractivity contribution < 1.29 is 18.7 Å². The molecule has 1 heterocycles. The Morgan fingerprint density at radius 1 is 1.24 bits per heavy atom. The summed E-state index contributed by atoms with van der Waals surface area (Å²) in [5.74, 6) is 2.38. The topological polar surface area (TPSA) is 72.7 Å². The van der Waals surface area contributed by atoms with Crippen LogP contribution in [-0.2, 0) is 12.8 Å². The number of amides is 2. The zero-order chi connectivity index (χ0) is 17.6. The monoisotopic (exact) mass is 344 g/mol. The zero-order valence-electron chi connectivity index (χ0n) is 14.6. The summed E-state index contributed by atoms with van der Waals surface area (Å²) in [6, 6.07) is 7.60. The Hall–Kier alpha value is -2.63. The van der Waals surface area contributed by atoms with Crippen molar-refractivity contribution in [2.45, 2.75) is 31.7 Å². The van der Waals surface area contributed by atoms with E-state index in [9.17, 15) is 4.79 Å². The fourth-order valence-electron chi connectivity index (χ4n) is 3.20. The second kappa shape index (κ2) is 7.96. The molecule has 0 saturated carbocycles. The molecule has 0 bridgehead atoms. The molecular formula is C19H24N2O4. The predicted molar refractivity (Wildman–Crippen MR) is 94.2 cm³/mol. The smallest absolute Gasteiger partial charge is 0.315 e. The van der Waals surface area contributed by atoms with E-state index in [4.69, 9.17) is 13.9 Å². The number of fused-ring (bicyclic) bond motifs is 1. The minimum absolute atomic E-state index is 0.0311. The SMILES string of the molecule is COc1ccc(CCNC(=O)NC2CCCc3occc32)cc1OC. The summed E-state index contributed by atoms with van der Waals surface area (Å²) in [5, 5.41) is 5.95. The van der Waals surface area contributed by atoms with Gasteiger partial charge in [0.25, 0.3) is 0 Å². The molecule has 1 aromatic carbocycles. The van der Waals surface area contributed by atoms with Gasteiger partial charge in [-0.15, -0.1) is 0 Å². The highest BCUT2D eigenvalue weighted by molar-refractivity contribution is 5.74. The molecule has 1 unspecified atom stereocenters. The van der Waals surface area contributed by atoms with Crippen LogP contribution in [0.3, 0.4) is 0 Å². The minimum atomic E-state index is -0.153. The van der Waals surface area contributed by atoms with E-state index in [0.29, 0.717) is 18.0 Å². The van der Waals surface area contributed by atoms with Crippen molar-refractivity contribution in [1.82, 2.24) is 10.6 Å². The third kappa shape index (κ3) is 4.07. The van der Waals surface area contributed by atoms with Gasteiger partial charge in [0.15, 0.2) is 11.5 Å². The van der Waals surface area contributed by atoms with Gasteiger partial charge < -0.3 is 24.5 Å². The van der Waals surface area contributed by atoms with Crippen LogP contribution < -0.4 is 20.1 Å². The van der Waals surface area contributed by atoms with Crippen molar-refractivity contribution in [3.05, 3.63) is 47.4 Å². The molecule has 6 heteroatoms. The molecule has 134 valence electrons. The molecule has 1 atom stereocenters. The second-order valence-corrected chi connectivity index (χ2v) is 6.08. The summed E-state index contributed by atoms with van der Waals surface area (Å²) in [5.41, 5.74) is 2.18. The van der Waals surface area contributed by atoms with Crippen LogP contribution in [0.15, 0.2) is 34.9 Å². The van der Waals surface area contributed by atoms with E-state index >= 15 is 0 Å². The summed E-state index contributed by atoms with van der Waals surface area (Å²) in [7, 11) is 3.22. The third-order valence-corrected chi connectivity index (χ3v) is 4.50. The largest absolute Gasteiger partial charge is 0.493 e. The minimum Gasteiger partial charge on any atom is -0.493 e. The van der Waals surface area contributed by atoms with E-state index < -0.39 is 0 Å². The molecule has 0 spiro atoms. The molecule has 1 aliphatic carbocycles. The molecule has 1 aromatic heterocycles. The number of carbonyl (C=O) groups excluding carboxylic acids is 1. The number of ether oxygens (including phenoxy) is 2. The van der Waals surface area contributed by atoms with Crippen molar-refractivity contribution in [2.75, 3.05) is 20.8 Å². The molecule has 1 aliphatic rings. The Balaban J connectivity index is 1.49. The first-order valence-corrected chi connectivity index (χ1v) is 8.52. The number of rotatable bonds is 6. The number of methoxy groups -OCH3 is 2. The van der Waals surface area contributed by atoms with E-state index in [1.165, 1.54) is 0 Å². The Labute approximate surface area is 147 Å². The first-order valence-electron chi connectivity index (χ1n) is 8.52. The third-order valence-electron chi connectivity index (χ3n) is 4.50. The Bertz CT molecular complexity index is 726. The molecule has 25 heavy (non-hydrogen) atoms. The average Bonchev–Trinajstić information content (AvgIpc) is 3.11. The standard InChI is InChI=1S/C19H24N2O4/c1-23-17-7-6-13(12-18(17)24-2)8-10-20-19(22)21-15-4-3-5-16-14(15)9-11-25-16/h6-7,9,11-12,15H,3-5,8,10H2,1-2H3,(H2,20,21,22). The highest BCUT2D eigenvalue weighted by Gasteiger charge is 2.23. The number of nitrogens with one attached hydrogen (secondary N) is 2. The molecule has 6 nitrogen and oxygen atoms in total. The summed E-state index contributed by atoms with van der Waals surface area (Å²) in [4.78, 5) is 12.2. The lowest BCUT2D eigenvalue weighted by molar-refractivity contribution is 0.235. The summed E-state index contributed by atoms with van der Waals surface area (Å²) in [6.45, 7) is 0.548. The van der Waals surface area contributed by atoms with Crippen molar-refractivity contribution in [3.63, 3.8) is 0 Å². The number of hydrogen-bond donors (Lipinski definition) is 2. The molecule has 0 aliphatic heterocycles. The number of aryl methyl sites for hydroxylation is 1. The van der Waals surface area contributed by atoms with Crippen LogP contribution in [0.1, 0.15) is 35.8 Å². The van der Waals surface area contributed by atoms with Crippen LogP contribution >= 0.6 is 0 Å². The molecular weight excluding hydrogens is 320 g/mol. The molecule has 3 rings (SSSR count). The normalized spacial score (nSPS) is 16.0. The Kier molecular flexibility index (Phi) is 5.48. The van der Waals surface area contributed by atoms with Crippen LogP contribution in [0.25, 0.3) is 0 Å². The maximum absolute atomic E-state index is 12.2. The van der Waals surface area contributed by atoms with E-state index in [0.717, 1.165) is 42.6 Å². The predicted octanol–water partition coefficient (Wildman–Crippen LogP) is 3.22. The van der Waals surface area contributed by atoms with Gasteiger partial charge in [-0.2, -0.15) is 0 Å². The van der Waals surface area contributed by atoms with Gasteiger partial charge in [0.2, 0.25) is 0 Å². The fourth-order valence-corrected chi connectivity index (χ4v) is 3.20. The van der Waals surface area contributed by atoms with Crippen LogP contribution in [0, 0.1) is 0 Å². The quantitative estimate of drug-likeness (QED) is 0.844. The van der Waals surface area contributed by atoms with Gasteiger partial charge >= 0.3 is 6.03 Å². The number of carbonyl (C=O) groups is 1. The van der Waals surface area contributed by atoms with Gasteiger partial charge in [-0.25, -0.2) is 4.79 Å². The van der Waals surface area contributed by atoms with Crippen LogP contribution in [0.4, 0.5) is 4.79 Å². The van der Waals surface area contributed by atoms with Crippen LogP contribution in [0.2, 0.25) is 0 Å². The lowest BCUT2D eigenvalue weighted by atomic mass is 9.93. The van der Waals surface area contributed by atoms with Crippen molar-refractivity contribution in [1.29, 1.82) is 0 Å².